The first-order chi connectivity index (χ1) is 3.46. The fraction of sp³-hybridized carbons (Fsp3) is 0. The molecule has 10 heteroatoms. The van der Waals surface area contributed by atoms with E-state index in [2.05, 4.69) is 0 Å². The Labute approximate surface area is 67.2 Å². The third-order valence-electron chi connectivity index (χ3n) is 0. The van der Waals surface area contributed by atoms with Crippen molar-refractivity contribution in [2.24, 2.45) is 0 Å². The standard InChI is InChI=1S/2NO3.H3N.Zn/c2*2-1(3)4;;/h;;1H3;/q2*-1;;+2. The molecule has 0 heterocycles. The summed E-state index contributed by atoms with van der Waals surface area (Å²) in [6.07, 6.45) is 0. The summed E-state index contributed by atoms with van der Waals surface area (Å²) in [4.78, 5) is 16.5. The van der Waals surface area contributed by atoms with Gasteiger partial charge in [-0.2, -0.15) is 0 Å². The zero-order chi connectivity index (χ0) is 7.15. The van der Waals surface area contributed by atoms with Crippen LogP contribution in [0.5, 0.6) is 0 Å². The van der Waals surface area contributed by atoms with Gasteiger partial charge >= 0.3 is 19.5 Å². The molecule has 56 valence electrons. The minimum Gasteiger partial charge on any atom is -0.356 e. The fourth-order valence-corrected chi connectivity index (χ4v) is 0. The minimum absolute atomic E-state index is 0. The van der Waals surface area contributed by atoms with E-state index < -0.39 is 10.2 Å². The monoisotopic (exact) mass is 205 g/mol. The number of hydrogen-bond acceptors (Lipinski definition) is 7. The van der Waals surface area contributed by atoms with Crippen molar-refractivity contribution in [2.45, 2.75) is 0 Å². The van der Waals surface area contributed by atoms with Crippen LogP contribution >= 0.6 is 0 Å². The van der Waals surface area contributed by atoms with E-state index in [0.29, 0.717) is 0 Å². The van der Waals surface area contributed by atoms with E-state index >= 15 is 0 Å². The van der Waals surface area contributed by atoms with Crippen molar-refractivity contribution in [1.82, 2.24) is 6.15 Å². The van der Waals surface area contributed by atoms with Crippen molar-refractivity contribution in [3.8, 4) is 0 Å². The molecule has 9 nitrogen and oxygen atoms in total. The van der Waals surface area contributed by atoms with Gasteiger partial charge in [0.15, 0.2) is 0 Å². The largest absolute Gasteiger partial charge is 2.00 e. The van der Waals surface area contributed by atoms with Crippen LogP contribution in [0.2, 0.25) is 0 Å². The average molecular weight is 206 g/mol. The molecule has 0 atom stereocenters. The van der Waals surface area contributed by atoms with Crippen LogP contribution in [0.1, 0.15) is 0 Å². The Morgan fingerprint density at radius 1 is 0.800 bits per heavy atom. The van der Waals surface area contributed by atoms with Gasteiger partial charge in [-0.05, 0) is 0 Å². The maximum Gasteiger partial charge on any atom is 2.00 e. The number of hydrogen-bond donors (Lipinski definition) is 1. The molecule has 10 heavy (non-hydrogen) atoms. The van der Waals surface area contributed by atoms with Gasteiger partial charge in [0.25, 0.3) is 0 Å². The van der Waals surface area contributed by atoms with E-state index in [1.54, 1.807) is 0 Å². The summed E-state index contributed by atoms with van der Waals surface area (Å²) in [5.41, 5.74) is 0. The van der Waals surface area contributed by atoms with Crippen LogP contribution in [0.3, 0.4) is 0 Å². The van der Waals surface area contributed by atoms with Gasteiger partial charge < -0.3 is 36.8 Å². The van der Waals surface area contributed by atoms with Gasteiger partial charge in [0.2, 0.25) is 0 Å². The van der Waals surface area contributed by atoms with Crippen LogP contribution < -0.4 is 6.15 Å². The second kappa shape index (κ2) is 15.7. The van der Waals surface area contributed by atoms with Gasteiger partial charge in [-0.25, -0.2) is 0 Å². The Morgan fingerprint density at radius 2 is 0.800 bits per heavy atom. The Balaban J connectivity index is -0.0000000300. The summed E-state index contributed by atoms with van der Waals surface area (Å²) < 4.78 is 0. The fourth-order valence-electron chi connectivity index (χ4n) is 0. The van der Waals surface area contributed by atoms with Crippen LogP contribution in [0, 0.1) is 30.6 Å². The molecule has 0 fully saturated rings. The molecular formula is H3N3O6Zn. The van der Waals surface area contributed by atoms with E-state index in [9.17, 15) is 0 Å². The molecule has 0 bridgehead atoms. The van der Waals surface area contributed by atoms with Gasteiger partial charge in [0, 0.05) is 0 Å². The maximum absolute atomic E-state index is 8.25. The Hall–Kier alpha value is -1.02. The summed E-state index contributed by atoms with van der Waals surface area (Å²) in [7, 11) is 0. The van der Waals surface area contributed by atoms with Crippen molar-refractivity contribution in [1.29, 1.82) is 0 Å². The third kappa shape index (κ3) is 242. The quantitative estimate of drug-likeness (QED) is 0.322. The Morgan fingerprint density at radius 3 is 0.800 bits per heavy atom. The van der Waals surface area contributed by atoms with Crippen LogP contribution in [0.25, 0.3) is 0 Å². The zero-order valence-electron chi connectivity index (χ0n) is 4.76. The van der Waals surface area contributed by atoms with E-state index in [4.69, 9.17) is 30.6 Å². The molecule has 0 saturated heterocycles. The van der Waals surface area contributed by atoms with Gasteiger partial charge in [-0.3, -0.25) is 0 Å². The van der Waals surface area contributed by atoms with E-state index in [1.807, 2.05) is 0 Å². The second-order valence-electron chi connectivity index (χ2n) is 0.447. The molecule has 0 amide bonds. The van der Waals surface area contributed by atoms with Crippen LogP contribution in [-0.2, 0) is 19.5 Å². The van der Waals surface area contributed by atoms with Crippen molar-refractivity contribution in [2.75, 3.05) is 0 Å². The number of nitrogens with zero attached hydrogens (tertiary/aromatic N) is 2. The predicted molar refractivity (Wildman–Crippen MR) is 25.7 cm³/mol. The van der Waals surface area contributed by atoms with Crippen molar-refractivity contribution < 1.29 is 29.7 Å². The molecule has 0 aliphatic rings. The van der Waals surface area contributed by atoms with E-state index in [-0.39, 0.29) is 25.6 Å². The number of rotatable bonds is 0. The molecular weight excluding hydrogens is 203 g/mol. The van der Waals surface area contributed by atoms with Gasteiger partial charge in [-0.15, -0.1) is 0 Å². The maximum atomic E-state index is 8.25. The summed E-state index contributed by atoms with van der Waals surface area (Å²) in [6, 6.07) is 0. The molecule has 0 saturated carbocycles. The molecule has 0 aliphatic carbocycles. The Kier molecular flexibility index (Phi) is 36.1. The van der Waals surface area contributed by atoms with Crippen molar-refractivity contribution in [3.05, 3.63) is 30.6 Å². The van der Waals surface area contributed by atoms with Crippen molar-refractivity contribution >= 4 is 0 Å². The topological polar surface area (TPSA) is 167 Å². The molecule has 0 spiro atoms. The molecule has 0 rings (SSSR count). The second-order valence-corrected chi connectivity index (χ2v) is 0.447. The summed E-state index contributed by atoms with van der Waals surface area (Å²) in [6.45, 7) is 0. The normalized spacial score (nSPS) is 4.80. The summed E-state index contributed by atoms with van der Waals surface area (Å²) >= 11 is 0. The van der Waals surface area contributed by atoms with Crippen molar-refractivity contribution in [3.63, 3.8) is 0 Å². The zero-order valence-corrected chi connectivity index (χ0v) is 7.73. The van der Waals surface area contributed by atoms with Crippen LogP contribution in [0.4, 0.5) is 0 Å². The van der Waals surface area contributed by atoms with Gasteiger partial charge in [0.1, 0.15) is 0 Å². The van der Waals surface area contributed by atoms with Gasteiger partial charge in [-0.1, -0.05) is 0 Å². The molecule has 0 aromatic heterocycles. The first-order valence-corrected chi connectivity index (χ1v) is 1.10. The van der Waals surface area contributed by atoms with E-state index in [0.717, 1.165) is 0 Å². The SMILES string of the molecule is N.O=[N+]([O-])[O-].O=[N+]([O-])[O-].[Zn+2]. The van der Waals surface area contributed by atoms with Crippen LogP contribution in [-0.4, -0.2) is 10.2 Å². The predicted octanol–water partition coefficient (Wildman–Crippen LogP) is -0.319. The molecule has 3 N–H and O–H groups in total. The molecule has 0 aliphatic heterocycles. The first kappa shape index (κ1) is 23.1. The molecule has 0 aromatic rings. The van der Waals surface area contributed by atoms with Crippen LogP contribution in [0.15, 0.2) is 0 Å². The molecule has 0 aromatic carbocycles. The molecule has 0 radical (unpaired) electrons. The Bertz CT molecular complexity index is 71.0. The molecule has 0 unspecified atom stereocenters. The summed E-state index contributed by atoms with van der Waals surface area (Å²) in [5.74, 6) is 0. The minimum atomic E-state index is -1.75. The van der Waals surface area contributed by atoms with E-state index in [1.165, 1.54) is 0 Å². The average Bonchev–Trinajstić information content (AvgIpc) is 1.25. The first-order valence-electron chi connectivity index (χ1n) is 1.10. The smallest absolute Gasteiger partial charge is 0.356 e. The third-order valence-corrected chi connectivity index (χ3v) is 0. The summed E-state index contributed by atoms with van der Waals surface area (Å²) in [5, 5.41) is 29.5. The van der Waals surface area contributed by atoms with Gasteiger partial charge in [0.05, 0.1) is 10.2 Å².